The molecule has 1 saturated heterocycles. The van der Waals surface area contributed by atoms with Gasteiger partial charge in [0.05, 0.1) is 6.10 Å². The summed E-state index contributed by atoms with van der Waals surface area (Å²) < 4.78 is 0. The van der Waals surface area contributed by atoms with E-state index in [4.69, 9.17) is 5.11 Å². The normalized spacial score (nSPS) is 18.8. The van der Waals surface area contributed by atoms with Gasteiger partial charge in [-0.05, 0) is 43.6 Å². The lowest BCUT2D eigenvalue weighted by atomic mass is 10.1. The monoisotopic (exact) mass is 223 g/mol. The molecule has 4 nitrogen and oxygen atoms in total. The topological polar surface area (TPSA) is 63.9 Å². The molecule has 1 aliphatic heterocycles. The van der Waals surface area contributed by atoms with Crippen LogP contribution in [0.3, 0.4) is 0 Å². The van der Waals surface area contributed by atoms with Crippen LogP contribution in [0, 0.1) is 0 Å². The van der Waals surface area contributed by atoms with Gasteiger partial charge in [0.2, 0.25) is 0 Å². The van der Waals surface area contributed by atoms with E-state index in [-0.39, 0.29) is 11.5 Å². The van der Waals surface area contributed by atoms with Gasteiger partial charge in [0.25, 0.3) is 0 Å². The molecule has 1 aliphatic rings. The zero-order chi connectivity index (χ0) is 11.5. The predicted octanol–water partition coefficient (Wildman–Crippen LogP) is 1.23. The number of nitrogens with zero attached hydrogens (tertiary/aromatic N) is 1. The van der Waals surface area contributed by atoms with E-state index in [1.165, 1.54) is 25.0 Å². The summed E-state index contributed by atoms with van der Waals surface area (Å²) in [6, 6.07) is 4.45. The Balaban J connectivity index is 2.02. The first kappa shape index (κ1) is 11.2. The summed E-state index contributed by atoms with van der Waals surface area (Å²) in [7, 11) is 0. The van der Waals surface area contributed by atoms with Crippen LogP contribution in [0.1, 0.15) is 24.5 Å². The maximum atomic E-state index is 9.96. The van der Waals surface area contributed by atoms with Crippen molar-refractivity contribution in [3.8, 4) is 11.5 Å². The molecule has 1 fully saturated rings. The lowest BCUT2D eigenvalue weighted by Gasteiger charge is -2.19. The van der Waals surface area contributed by atoms with Gasteiger partial charge in [0.1, 0.15) is 0 Å². The summed E-state index contributed by atoms with van der Waals surface area (Å²) in [6.45, 7) is 2.65. The molecule has 1 aromatic carbocycles. The number of hydrogen-bond donors (Lipinski definition) is 3. The molecule has 88 valence electrons. The molecule has 0 aliphatic carbocycles. The summed E-state index contributed by atoms with van der Waals surface area (Å²) >= 11 is 0. The van der Waals surface area contributed by atoms with Gasteiger partial charge in [-0.3, -0.25) is 0 Å². The van der Waals surface area contributed by atoms with Crippen molar-refractivity contribution in [3.63, 3.8) is 0 Å². The summed E-state index contributed by atoms with van der Waals surface area (Å²) in [5.74, 6) is -0.338. The van der Waals surface area contributed by atoms with E-state index in [0.717, 1.165) is 13.1 Å². The number of benzene rings is 1. The van der Waals surface area contributed by atoms with Crippen LogP contribution in [0.15, 0.2) is 18.2 Å². The molecule has 1 aromatic rings. The van der Waals surface area contributed by atoms with Gasteiger partial charge in [0, 0.05) is 6.54 Å². The van der Waals surface area contributed by atoms with Gasteiger partial charge in [-0.2, -0.15) is 0 Å². The first-order chi connectivity index (χ1) is 7.66. The number of phenols is 2. The lowest BCUT2D eigenvalue weighted by Crippen LogP contribution is -2.25. The third-order valence-electron chi connectivity index (χ3n) is 3.01. The van der Waals surface area contributed by atoms with E-state index >= 15 is 0 Å². The van der Waals surface area contributed by atoms with E-state index in [9.17, 15) is 10.2 Å². The van der Waals surface area contributed by atoms with Crippen LogP contribution in [0.4, 0.5) is 0 Å². The van der Waals surface area contributed by atoms with Crippen LogP contribution in [-0.2, 0) is 0 Å². The summed E-state index contributed by atoms with van der Waals surface area (Å²) in [6.07, 6.45) is 1.77. The predicted molar refractivity (Wildman–Crippen MR) is 60.4 cm³/mol. The van der Waals surface area contributed by atoms with Gasteiger partial charge >= 0.3 is 0 Å². The molecule has 1 heterocycles. The maximum absolute atomic E-state index is 9.96. The Morgan fingerprint density at radius 1 is 1.12 bits per heavy atom. The molecule has 0 bridgehead atoms. The molecule has 16 heavy (non-hydrogen) atoms. The average Bonchev–Trinajstić information content (AvgIpc) is 2.74. The number of aliphatic hydroxyl groups is 1. The zero-order valence-electron chi connectivity index (χ0n) is 9.13. The minimum absolute atomic E-state index is 0.155. The first-order valence-electron chi connectivity index (χ1n) is 5.59. The van der Waals surface area contributed by atoms with Crippen molar-refractivity contribution in [1.82, 2.24) is 4.90 Å². The lowest BCUT2D eigenvalue weighted by molar-refractivity contribution is 0.126. The number of likely N-dealkylation sites (tertiary alicyclic amines) is 1. The maximum Gasteiger partial charge on any atom is 0.157 e. The Hall–Kier alpha value is -1.26. The van der Waals surface area contributed by atoms with Gasteiger partial charge in [-0.15, -0.1) is 0 Å². The smallest absolute Gasteiger partial charge is 0.157 e. The largest absolute Gasteiger partial charge is 0.504 e. The number of aromatic hydroxyl groups is 2. The summed E-state index contributed by atoms with van der Waals surface area (Å²) in [5.41, 5.74) is 0.641. The van der Waals surface area contributed by atoms with Crippen molar-refractivity contribution in [2.75, 3.05) is 19.6 Å². The minimum atomic E-state index is -0.607. The van der Waals surface area contributed by atoms with Crippen molar-refractivity contribution < 1.29 is 15.3 Å². The van der Waals surface area contributed by atoms with Gasteiger partial charge < -0.3 is 20.2 Å². The molecule has 2 rings (SSSR count). The average molecular weight is 223 g/mol. The Morgan fingerprint density at radius 2 is 1.81 bits per heavy atom. The third-order valence-corrected chi connectivity index (χ3v) is 3.01. The first-order valence-corrected chi connectivity index (χ1v) is 5.59. The molecule has 0 amide bonds. The highest BCUT2D eigenvalue weighted by Crippen LogP contribution is 2.28. The standard InChI is InChI=1S/C12H17NO3/c14-10-4-3-9(7-11(10)15)12(16)8-13-5-1-2-6-13/h3-4,7,12,14-16H,1-2,5-6,8H2. The summed E-state index contributed by atoms with van der Waals surface area (Å²) in [4.78, 5) is 2.20. The second kappa shape index (κ2) is 4.72. The number of phenolic OH excluding ortho intramolecular Hbond substituents is 2. The van der Waals surface area contributed by atoms with Crippen molar-refractivity contribution in [2.45, 2.75) is 18.9 Å². The highest BCUT2D eigenvalue weighted by molar-refractivity contribution is 5.41. The Bertz CT molecular complexity index is 361. The number of rotatable bonds is 3. The zero-order valence-corrected chi connectivity index (χ0v) is 9.13. The van der Waals surface area contributed by atoms with Crippen LogP contribution in [0.2, 0.25) is 0 Å². The molecule has 1 atom stereocenters. The van der Waals surface area contributed by atoms with Gasteiger partial charge in [-0.25, -0.2) is 0 Å². The second-order valence-electron chi connectivity index (χ2n) is 4.27. The number of aliphatic hydroxyl groups excluding tert-OH is 1. The Kier molecular flexibility index (Phi) is 3.31. The highest BCUT2D eigenvalue weighted by Gasteiger charge is 2.17. The van der Waals surface area contributed by atoms with E-state index < -0.39 is 6.10 Å². The Labute approximate surface area is 94.8 Å². The molecule has 3 N–H and O–H groups in total. The fourth-order valence-electron chi connectivity index (χ4n) is 2.06. The fraction of sp³-hybridized carbons (Fsp3) is 0.500. The Morgan fingerprint density at radius 3 is 2.44 bits per heavy atom. The molecular weight excluding hydrogens is 206 g/mol. The molecule has 0 saturated carbocycles. The quantitative estimate of drug-likeness (QED) is 0.674. The van der Waals surface area contributed by atoms with Gasteiger partial charge in [0.15, 0.2) is 11.5 Å². The second-order valence-corrected chi connectivity index (χ2v) is 4.27. The third kappa shape index (κ3) is 2.46. The van der Waals surface area contributed by atoms with Crippen molar-refractivity contribution >= 4 is 0 Å². The van der Waals surface area contributed by atoms with Crippen molar-refractivity contribution in [3.05, 3.63) is 23.8 Å². The van der Waals surface area contributed by atoms with E-state index in [2.05, 4.69) is 4.90 Å². The number of β-amino-alcohol motifs (C(OH)–C–C–N with tert-alkyl or cyclic N) is 1. The molecular formula is C12H17NO3. The van der Waals surface area contributed by atoms with Crippen molar-refractivity contribution in [2.24, 2.45) is 0 Å². The molecule has 0 radical (unpaired) electrons. The van der Waals surface area contributed by atoms with E-state index in [1.54, 1.807) is 6.07 Å². The van der Waals surface area contributed by atoms with Crippen molar-refractivity contribution in [1.29, 1.82) is 0 Å². The van der Waals surface area contributed by atoms with Gasteiger partial charge in [-0.1, -0.05) is 6.07 Å². The highest BCUT2D eigenvalue weighted by atomic mass is 16.3. The fourth-order valence-corrected chi connectivity index (χ4v) is 2.06. The van der Waals surface area contributed by atoms with Crippen LogP contribution < -0.4 is 0 Å². The summed E-state index contributed by atoms with van der Waals surface area (Å²) in [5, 5.41) is 28.5. The van der Waals surface area contributed by atoms with Crippen LogP contribution in [0.25, 0.3) is 0 Å². The van der Waals surface area contributed by atoms with Crippen LogP contribution in [-0.4, -0.2) is 39.9 Å². The SMILES string of the molecule is Oc1ccc(C(O)CN2CCCC2)cc1O. The minimum Gasteiger partial charge on any atom is -0.504 e. The molecule has 0 spiro atoms. The molecule has 1 unspecified atom stereocenters. The van der Waals surface area contributed by atoms with Crippen LogP contribution in [0.5, 0.6) is 11.5 Å². The van der Waals surface area contributed by atoms with E-state index in [1.807, 2.05) is 0 Å². The molecule has 4 heteroatoms. The van der Waals surface area contributed by atoms with E-state index in [0.29, 0.717) is 12.1 Å². The van der Waals surface area contributed by atoms with Crippen LogP contribution >= 0.6 is 0 Å². The molecule has 0 aromatic heterocycles. The number of hydrogen-bond acceptors (Lipinski definition) is 4.